The minimum atomic E-state index is -0.346. The summed E-state index contributed by atoms with van der Waals surface area (Å²) in [5.41, 5.74) is 1.50. The lowest BCUT2D eigenvalue weighted by Gasteiger charge is -2.13. The third kappa shape index (κ3) is 7.12. The molecule has 0 aliphatic heterocycles. The highest BCUT2D eigenvalue weighted by Gasteiger charge is 2.07. The number of anilines is 1. The number of para-hydroxylation sites is 2. The molecule has 0 aliphatic carbocycles. The van der Waals surface area contributed by atoms with E-state index in [-0.39, 0.29) is 11.0 Å². The normalized spacial score (nSPS) is 10.4. The first kappa shape index (κ1) is 22.2. The lowest BCUT2D eigenvalue weighted by Crippen LogP contribution is -2.32. The van der Waals surface area contributed by atoms with E-state index in [0.717, 1.165) is 18.4 Å². The maximum absolute atomic E-state index is 12.2. The average molecular weight is 415 g/mol. The molecule has 0 bridgehead atoms. The molecule has 0 unspecified atom stereocenters. The van der Waals surface area contributed by atoms with Crippen molar-refractivity contribution in [3.63, 3.8) is 0 Å². The number of hydrogen-bond donors (Lipinski definition) is 2. The van der Waals surface area contributed by atoms with Crippen LogP contribution in [0, 0.1) is 0 Å². The number of amides is 1. The number of benzene rings is 2. The zero-order valence-electron chi connectivity index (χ0n) is 16.9. The van der Waals surface area contributed by atoms with E-state index in [2.05, 4.69) is 17.6 Å². The fourth-order valence-corrected chi connectivity index (χ4v) is 2.67. The molecule has 0 radical (unpaired) electrons. The molecule has 0 aromatic heterocycles. The highest BCUT2D eigenvalue weighted by molar-refractivity contribution is 7.80. The van der Waals surface area contributed by atoms with E-state index < -0.39 is 0 Å². The number of thiocarbonyl (C=S) groups is 1. The quantitative estimate of drug-likeness (QED) is 0.360. The molecule has 0 atom stereocenters. The van der Waals surface area contributed by atoms with E-state index in [1.165, 1.54) is 6.08 Å². The van der Waals surface area contributed by atoms with Gasteiger partial charge in [-0.25, -0.2) is 0 Å². The third-order valence-electron chi connectivity index (χ3n) is 3.96. The molecular formula is C22H26N2O4S. The van der Waals surface area contributed by atoms with Crippen LogP contribution in [0.25, 0.3) is 6.08 Å². The number of methoxy groups -OCH3 is 2. The zero-order valence-corrected chi connectivity index (χ0v) is 17.7. The minimum Gasteiger partial charge on any atom is -0.493 e. The van der Waals surface area contributed by atoms with E-state index in [4.69, 9.17) is 26.4 Å². The van der Waals surface area contributed by atoms with Gasteiger partial charge in [0.15, 0.2) is 16.6 Å². The van der Waals surface area contributed by atoms with Gasteiger partial charge in [-0.05, 0) is 54.5 Å². The Kier molecular flexibility index (Phi) is 8.98. The van der Waals surface area contributed by atoms with Gasteiger partial charge in [0.05, 0.1) is 26.5 Å². The van der Waals surface area contributed by atoms with Crippen molar-refractivity contribution >= 4 is 35.0 Å². The summed E-state index contributed by atoms with van der Waals surface area (Å²) in [5.74, 6) is 1.56. The van der Waals surface area contributed by atoms with Crippen LogP contribution in [0.4, 0.5) is 5.69 Å². The van der Waals surface area contributed by atoms with Crippen molar-refractivity contribution in [3.05, 3.63) is 54.1 Å². The van der Waals surface area contributed by atoms with Gasteiger partial charge in [0, 0.05) is 6.08 Å². The van der Waals surface area contributed by atoms with Crippen LogP contribution in [-0.2, 0) is 4.79 Å². The van der Waals surface area contributed by atoms with Gasteiger partial charge in [-0.15, -0.1) is 0 Å². The molecule has 2 N–H and O–H groups in total. The number of carbonyl (C=O) groups is 1. The molecule has 2 aromatic carbocycles. The summed E-state index contributed by atoms with van der Waals surface area (Å²) in [7, 11) is 3.13. The van der Waals surface area contributed by atoms with Crippen molar-refractivity contribution in [3.8, 4) is 17.2 Å². The molecular weight excluding hydrogens is 388 g/mol. The number of hydrogen-bond acceptors (Lipinski definition) is 5. The molecule has 29 heavy (non-hydrogen) atoms. The predicted octanol–water partition coefficient (Wildman–Crippen LogP) is 4.41. The van der Waals surface area contributed by atoms with E-state index in [1.54, 1.807) is 32.4 Å². The predicted molar refractivity (Wildman–Crippen MR) is 120 cm³/mol. The first-order valence-electron chi connectivity index (χ1n) is 9.31. The molecule has 0 fully saturated rings. The van der Waals surface area contributed by atoms with Gasteiger partial charge in [0.2, 0.25) is 5.91 Å². The number of ether oxygens (including phenoxy) is 3. The summed E-state index contributed by atoms with van der Waals surface area (Å²) < 4.78 is 16.2. The van der Waals surface area contributed by atoms with Crippen LogP contribution in [0.3, 0.4) is 0 Å². The Labute approximate surface area is 176 Å². The summed E-state index contributed by atoms with van der Waals surface area (Å²) >= 11 is 5.24. The first-order valence-corrected chi connectivity index (χ1v) is 9.72. The SMILES string of the molecule is CCCCOc1ccccc1NC(=S)NC(=O)/C=C/c1ccc(OC)c(OC)c1. The molecule has 7 heteroatoms. The molecule has 2 rings (SSSR count). The van der Waals surface area contributed by atoms with Crippen molar-refractivity contribution in [1.82, 2.24) is 5.32 Å². The topological polar surface area (TPSA) is 68.8 Å². The molecule has 154 valence electrons. The van der Waals surface area contributed by atoms with Crippen LogP contribution < -0.4 is 24.8 Å². The summed E-state index contributed by atoms with van der Waals surface area (Å²) in [4.78, 5) is 12.2. The van der Waals surface area contributed by atoms with Crippen molar-refractivity contribution in [2.75, 3.05) is 26.1 Å². The molecule has 0 saturated carbocycles. The Bertz CT molecular complexity index is 868. The lowest BCUT2D eigenvalue weighted by atomic mass is 10.2. The van der Waals surface area contributed by atoms with Crippen LogP contribution in [0.1, 0.15) is 25.3 Å². The van der Waals surface area contributed by atoms with Crippen LogP contribution in [0.15, 0.2) is 48.5 Å². The summed E-state index contributed by atoms with van der Waals surface area (Å²) in [6, 6.07) is 12.8. The highest BCUT2D eigenvalue weighted by Crippen LogP contribution is 2.28. The summed E-state index contributed by atoms with van der Waals surface area (Å²) in [6.07, 6.45) is 5.09. The van der Waals surface area contributed by atoms with Crippen LogP contribution in [-0.4, -0.2) is 31.8 Å². The van der Waals surface area contributed by atoms with Crippen LogP contribution >= 0.6 is 12.2 Å². The highest BCUT2D eigenvalue weighted by atomic mass is 32.1. The van der Waals surface area contributed by atoms with Gasteiger partial charge >= 0.3 is 0 Å². The standard InChI is InChI=1S/C22H26N2O4S/c1-4-5-14-28-18-9-7-6-8-17(18)23-22(29)24-21(25)13-11-16-10-12-19(26-2)20(15-16)27-3/h6-13,15H,4-5,14H2,1-3H3,(H2,23,24,25,29)/b13-11+. The minimum absolute atomic E-state index is 0.193. The first-order chi connectivity index (χ1) is 14.1. The van der Waals surface area contributed by atoms with Crippen molar-refractivity contribution < 1.29 is 19.0 Å². The molecule has 0 spiro atoms. The number of rotatable bonds is 9. The molecule has 6 nitrogen and oxygen atoms in total. The van der Waals surface area contributed by atoms with Gasteiger partial charge in [-0.2, -0.15) is 0 Å². The van der Waals surface area contributed by atoms with E-state index in [0.29, 0.717) is 29.5 Å². The van der Waals surface area contributed by atoms with E-state index >= 15 is 0 Å². The van der Waals surface area contributed by atoms with Gasteiger partial charge in [0.25, 0.3) is 0 Å². The molecule has 1 amide bonds. The second-order valence-electron chi connectivity index (χ2n) is 6.09. The fourth-order valence-electron chi connectivity index (χ4n) is 2.46. The molecule has 0 heterocycles. The molecule has 0 aliphatic rings. The van der Waals surface area contributed by atoms with Crippen molar-refractivity contribution in [1.29, 1.82) is 0 Å². The largest absolute Gasteiger partial charge is 0.493 e. The Hall–Kier alpha value is -3.06. The van der Waals surface area contributed by atoms with Gasteiger partial charge in [0.1, 0.15) is 5.75 Å². The molecule has 0 saturated heterocycles. The van der Waals surface area contributed by atoms with Gasteiger partial charge in [-0.3, -0.25) is 10.1 Å². The Morgan fingerprint density at radius 2 is 1.83 bits per heavy atom. The Morgan fingerprint density at radius 1 is 1.07 bits per heavy atom. The van der Waals surface area contributed by atoms with Crippen LogP contribution in [0.2, 0.25) is 0 Å². The second-order valence-corrected chi connectivity index (χ2v) is 6.50. The lowest BCUT2D eigenvalue weighted by molar-refractivity contribution is -0.115. The summed E-state index contributed by atoms with van der Waals surface area (Å²) in [6.45, 7) is 2.73. The third-order valence-corrected chi connectivity index (χ3v) is 4.17. The smallest absolute Gasteiger partial charge is 0.250 e. The van der Waals surface area contributed by atoms with Crippen LogP contribution in [0.5, 0.6) is 17.2 Å². The maximum Gasteiger partial charge on any atom is 0.250 e. The van der Waals surface area contributed by atoms with E-state index in [9.17, 15) is 4.79 Å². The van der Waals surface area contributed by atoms with Gasteiger partial charge in [-0.1, -0.05) is 31.5 Å². The Morgan fingerprint density at radius 3 is 2.55 bits per heavy atom. The maximum atomic E-state index is 12.2. The van der Waals surface area contributed by atoms with Gasteiger partial charge < -0.3 is 19.5 Å². The zero-order chi connectivity index (χ0) is 21.1. The average Bonchev–Trinajstić information content (AvgIpc) is 2.73. The van der Waals surface area contributed by atoms with Crippen molar-refractivity contribution in [2.24, 2.45) is 0 Å². The Balaban J connectivity index is 1.94. The fraction of sp³-hybridized carbons (Fsp3) is 0.273. The number of nitrogens with one attached hydrogen (secondary N) is 2. The summed E-state index contributed by atoms with van der Waals surface area (Å²) in [5, 5.41) is 5.82. The van der Waals surface area contributed by atoms with Crippen molar-refractivity contribution in [2.45, 2.75) is 19.8 Å². The van der Waals surface area contributed by atoms with E-state index in [1.807, 2.05) is 30.3 Å². The second kappa shape index (κ2) is 11.7. The molecule has 2 aromatic rings. The number of carbonyl (C=O) groups excluding carboxylic acids is 1. The number of unbranched alkanes of at least 4 members (excludes halogenated alkanes) is 1. The monoisotopic (exact) mass is 414 g/mol.